The Morgan fingerprint density at radius 1 is 1.11 bits per heavy atom. The maximum Gasteiger partial charge on any atom is 0.0713 e. The monoisotopic (exact) mass is 256 g/mol. The highest BCUT2D eigenvalue weighted by molar-refractivity contribution is 5.86. The minimum absolute atomic E-state index is 0.934. The smallest absolute Gasteiger partial charge is 0.0713 e. The summed E-state index contributed by atoms with van der Waals surface area (Å²) in [7, 11) is 0. The molecule has 2 nitrogen and oxygen atoms in total. The molecule has 2 heteroatoms. The Morgan fingerprint density at radius 3 is 2.63 bits per heavy atom. The summed E-state index contributed by atoms with van der Waals surface area (Å²) in [6.07, 6.45) is 2.47. The van der Waals surface area contributed by atoms with E-state index in [4.69, 9.17) is 0 Å². The topological polar surface area (TPSA) is 24.9 Å². The first-order valence-electron chi connectivity index (χ1n) is 7.20. The van der Waals surface area contributed by atoms with Gasteiger partial charge in [-0.2, -0.15) is 0 Å². The number of nitrogens with zero attached hydrogens (tertiary/aromatic N) is 1. The Balaban J connectivity index is 2.36. The van der Waals surface area contributed by atoms with Crippen LogP contribution in [-0.2, 0) is 6.54 Å². The zero-order chi connectivity index (χ0) is 13.8. The van der Waals surface area contributed by atoms with E-state index in [0.717, 1.165) is 24.3 Å². The quantitative estimate of drug-likeness (QED) is 0.816. The number of nitrogens with one attached hydrogen (secondary N) is 1. The van der Waals surface area contributed by atoms with Crippen molar-refractivity contribution >= 4 is 10.9 Å². The van der Waals surface area contributed by atoms with Crippen molar-refractivity contribution in [2.45, 2.75) is 47.1 Å². The fourth-order valence-electron chi connectivity index (χ4n) is 2.66. The van der Waals surface area contributed by atoms with Crippen LogP contribution < -0.4 is 5.32 Å². The maximum absolute atomic E-state index is 4.67. The molecule has 0 bridgehead atoms. The lowest BCUT2D eigenvalue weighted by molar-refractivity contribution is 0.643. The second-order valence-corrected chi connectivity index (χ2v) is 5.43. The summed E-state index contributed by atoms with van der Waals surface area (Å²) in [5, 5.41) is 4.86. The molecule has 0 spiro atoms. The fourth-order valence-corrected chi connectivity index (χ4v) is 2.66. The molecule has 0 fully saturated rings. The Hall–Kier alpha value is -1.41. The predicted molar refractivity (Wildman–Crippen MR) is 82.6 cm³/mol. The number of unbranched alkanes of at least 4 members (excludes halogenated alkanes) is 1. The van der Waals surface area contributed by atoms with Crippen LogP contribution in [0.25, 0.3) is 10.9 Å². The van der Waals surface area contributed by atoms with Crippen molar-refractivity contribution in [1.29, 1.82) is 0 Å². The largest absolute Gasteiger partial charge is 0.313 e. The first-order chi connectivity index (χ1) is 9.11. The Morgan fingerprint density at radius 2 is 1.89 bits per heavy atom. The van der Waals surface area contributed by atoms with Crippen LogP contribution in [0.15, 0.2) is 18.2 Å². The van der Waals surface area contributed by atoms with Crippen LogP contribution in [0.3, 0.4) is 0 Å². The van der Waals surface area contributed by atoms with E-state index in [0.29, 0.717) is 0 Å². The second-order valence-electron chi connectivity index (χ2n) is 5.43. The van der Waals surface area contributed by atoms with Crippen molar-refractivity contribution in [3.63, 3.8) is 0 Å². The second kappa shape index (κ2) is 6.16. The first-order valence-corrected chi connectivity index (χ1v) is 7.20. The zero-order valence-electron chi connectivity index (χ0n) is 12.5. The molecule has 0 aliphatic heterocycles. The van der Waals surface area contributed by atoms with Crippen LogP contribution >= 0.6 is 0 Å². The van der Waals surface area contributed by atoms with E-state index >= 15 is 0 Å². The van der Waals surface area contributed by atoms with E-state index in [2.05, 4.69) is 56.2 Å². The summed E-state index contributed by atoms with van der Waals surface area (Å²) in [4.78, 5) is 4.67. The standard InChI is InChI=1S/C17H24N2/c1-5-6-7-18-11-15-10-14(4)19-16-9-12(2)8-13(3)17(15)16/h8-10,18H,5-7,11H2,1-4H3. The molecular weight excluding hydrogens is 232 g/mol. The van der Waals surface area contributed by atoms with Gasteiger partial charge in [-0.3, -0.25) is 4.98 Å². The number of aromatic nitrogens is 1. The lowest BCUT2D eigenvalue weighted by atomic mass is 10.0. The first kappa shape index (κ1) is 14.0. The number of pyridine rings is 1. The van der Waals surface area contributed by atoms with Crippen molar-refractivity contribution in [3.8, 4) is 0 Å². The Bertz CT molecular complexity index is 568. The van der Waals surface area contributed by atoms with E-state index in [1.54, 1.807) is 0 Å². The lowest BCUT2D eigenvalue weighted by Gasteiger charge is -2.12. The van der Waals surface area contributed by atoms with Crippen LogP contribution in [0.5, 0.6) is 0 Å². The number of hydrogen-bond donors (Lipinski definition) is 1. The van der Waals surface area contributed by atoms with Gasteiger partial charge in [0.05, 0.1) is 5.52 Å². The molecule has 19 heavy (non-hydrogen) atoms. The minimum atomic E-state index is 0.934. The summed E-state index contributed by atoms with van der Waals surface area (Å²) in [6, 6.07) is 6.64. The molecule has 1 aromatic heterocycles. The van der Waals surface area contributed by atoms with Crippen molar-refractivity contribution in [3.05, 3.63) is 40.6 Å². The minimum Gasteiger partial charge on any atom is -0.313 e. The van der Waals surface area contributed by atoms with Gasteiger partial charge in [-0.15, -0.1) is 0 Å². The highest BCUT2D eigenvalue weighted by atomic mass is 14.8. The molecule has 0 saturated heterocycles. The van der Waals surface area contributed by atoms with E-state index in [-0.39, 0.29) is 0 Å². The molecular formula is C17H24N2. The zero-order valence-corrected chi connectivity index (χ0v) is 12.5. The highest BCUT2D eigenvalue weighted by Gasteiger charge is 2.07. The highest BCUT2D eigenvalue weighted by Crippen LogP contribution is 2.23. The molecule has 0 saturated carbocycles. The van der Waals surface area contributed by atoms with E-state index < -0.39 is 0 Å². The molecule has 1 N–H and O–H groups in total. The van der Waals surface area contributed by atoms with Crippen LogP contribution in [0.1, 0.15) is 42.1 Å². The van der Waals surface area contributed by atoms with Gasteiger partial charge in [0.15, 0.2) is 0 Å². The van der Waals surface area contributed by atoms with Crippen LogP contribution in [0, 0.1) is 20.8 Å². The SMILES string of the molecule is CCCCNCc1cc(C)nc2cc(C)cc(C)c12. The number of rotatable bonds is 5. The Labute approximate surface area is 116 Å². The van der Waals surface area contributed by atoms with Crippen LogP contribution in [-0.4, -0.2) is 11.5 Å². The number of benzene rings is 1. The van der Waals surface area contributed by atoms with Gasteiger partial charge in [0, 0.05) is 17.6 Å². The molecule has 0 radical (unpaired) electrons. The van der Waals surface area contributed by atoms with Crippen molar-refractivity contribution in [1.82, 2.24) is 10.3 Å². The molecule has 2 aromatic rings. The molecule has 0 amide bonds. The average Bonchev–Trinajstić information content (AvgIpc) is 2.33. The van der Waals surface area contributed by atoms with Crippen molar-refractivity contribution < 1.29 is 0 Å². The van der Waals surface area contributed by atoms with Crippen LogP contribution in [0.4, 0.5) is 0 Å². The molecule has 0 aliphatic carbocycles. The maximum atomic E-state index is 4.67. The molecule has 2 rings (SSSR count). The number of hydrogen-bond acceptors (Lipinski definition) is 2. The number of fused-ring (bicyclic) bond motifs is 1. The van der Waals surface area contributed by atoms with Crippen LogP contribution in [0.2, 0.25) is 0 Å². The molecule has 1 aromatic carbocycles. The normalized spacial score (nSPS) is 11.2. The van der Waals surface area contributed by atoms with Gasteiger partial charge >= 0.3 is 0 Å². The van der Waals surface area contributed by atoms with Gasteiger partial charge in [0.2, 0.25) is 0 Å². The van der Waals surface area contributed by atoms with Gasteiger partial charge in [-0.25, -0.2) is 0 Å². The van der Waals surface area contributed by atoms with E-state index in [1.165, 1.54) is 34.9 Å². The summed E-state index contributed by atoms with van der Waals surface area (Å²) in [5.74, 6) is 0. The third-order valence-electron chi connectivity index (χ3n) is 3.48. The van der Waals surface area contributed by atoms with Gasteiger partial charge in [-0.1, -0.05) is 19.4 Å². The van der Waals surface area contributed by atoms with Gasteiger partial charge < -0.3 is 5.32 Å². The average molecular weight is 256 g/mol. The lowest BCUT2D eigenvalue weighted by Crippen LogP contribution is -2.15. The van der Waals surface area contributed by atoms with Crippen molar-refractivity contribution in [2.75, 3.05) is 6.54 Å². The molecule has 102 valence electrons. The third kappa shape index (κ3) is 3.32. The van der Waals surface area contributed by atoms with E-state index in [1.807, 2.05) is 0 Å². The van der Waals surface area contributed by atoms with Gasteiger partial charge in [-0.05, 0) is 62.6 Å². The summed E-state index contributed by atoms with van der Waals surface area (Å²) >= 11 is 0. The number of aryl methyl sites for hydroxylation is 3. The molecule has 1 heterocycles. The Kier molecular flexibility index (Phi) is 4.54. The molecule has 0 atom stereocenters. The summed E-state index contributed by atoms with van der Waals surface area (Å²) in [5.41, 5.74) is 6.22. The fraction of sp³-hybridized carbons (Fsp3) is 0.471. The van der Waals surface area contributed by atoms with Gasteiger partial charge in [0.25, 0.3) is 0 Å². The molecule has 0 aliphatic rings. The summed E-state index contributed by atoms with van der Waals surface area (Å²) in [6.45, 7) is 10.6. The molecule has 0 unspecified atom stereocenters. The van der Waals surface area contributed by atoms with Gasteiger partial charge in [0.1, 0.15) is 0 Å². The van der Waals surface area contributed by atoms with E-state index in [9.17, 15) is 0 Å². The predicted octanol–water partition coefficient (Wildman–Crippen LogP) is 4.05. The summed E-state index contributed by atoms with van der Waals surface area (Å²) < 4.78 is 0. The third-order valence-corrected chi connectivity index (χ3v) is 3.48. The van der Waals surface area contributed by atoms with Crippen molar-refractivity contribution in [2.24, 2.45) is 0 Å².